The van der Waals surface area contributed by atoms with Crippen molar-refractivity contribution in [1.82, 2.24) is 0 Å². The van der Waals surface area contributed by atoms with E-state index in [2.05, 4.69) is 15.9 Å². The van der Waals surface area contributed by atoms with Crippen LogP contribution >= 0.6 is 15.9 Å². The molecule has 0 spiro atoms. The zero-order valence-corrected chi connectivity index (χ0v) is 13.9. The first-order chi connectivity index (χ1) is 9.56. The number of benzene rings is 1. The molecule has 0 aliphatic carbocycles. The topological polar surface area (TPSA) is 89.7 Å². The minimum atomic E-state index is -1.16. The molecular formula is C14H18BrNO5. The van der Waals surface area contributed by atoms with Crippen molar-refractivity contribution in [1.29, 1.82) is 0 Å². The van der Waals surface area contributed by atoms with E-state index in [1.54, 1.807) is 6.92 Å². The van der Waals surface area contributed by atoms with E-state index in [1.807, 2.05) is 13.8 Å². The van der Waals surface area contributed by atoms with Gasteiger partial charge in [0.05, 0.1) is 16.1 Å². The van der Waals surface area contributed by atoms with Gasteiger partial charge in [-0.25, -0.2) is 0 Å². The van der Waals surface area contributed by atoms with Crippen LogP contribution in [0.15, 0.2) is 16.6 Å². The van der Waals surface area contributed by atoms with Crippen LogP contribution in [0.2, 0.25) is 0 Å². The highest BCUT2D eigenvalue weighted by Gasteiger charge is 2.29. The minimum absolute atomic E-state index is 0.104. The lowest BCUT2D eigenvalue weighted by atomic mass is 9.93. The van der Waals surface area contributed by atoms with E-state index >= 15 is 0 Å². The van der Waals surface area contributed by atoms with E-state index in [0.717, 1.165) is 0 Å². The fraction of sp³-hybridized carbons (Fsp3) is 0.500. The number of nitro benzene ring substituents is 1. The smallest absolute Gasteiger partial charge is 0.312 e. The first kappa shape index (κ1) is 17.6. The lowest BCUT2D eigenvalue weighted by Crippen LogP contribution is -2.38. The molecule has 1 aromatic carbocycles. The van der Waals surface area contributed by atoms with E-state index in [4.69, 9.17) is 4.74 Å². The van der Waals surface area contributed by atoms with Gasteiger partial charge in [-0.2, -0.15) is 0 Å². The highest BCUT2D eigenvalue weighted by molar-refractivity contribution is 9.10. The van der Waals surface area contributed by atoms with Crippen molar-refractivity contribution in [3.05, 3.63) is 32.3 Å². The molecular weight excluding hydrogens is 342 g/mol. The second-order valence-corrected chi connectivity index (χ2v) is 6.33. The summed E-state index contributed by atoms with van der Waals surface area (Å²) in [6.45, 7) is 6.36. The Hall–Kier alpha value is -1.47. The third-order valence-corrected chi connectivity index (χ3v) is 3.82. The van der Waals surface area contributed by atoms with Crippen molar-refractivity contribution in [2.75, 3.05) is 6.61 Å². The van der Waals surface area contributed by atoms with Gasteiger partial charge in [0.25, 0.3) is 0 Å². The molecule has 1 atom stereocenters. The Bertz CT molecular complexity index is 533. The molecule has 0 fully saturated rings. The number of carbonyl (C=O) groups is 1. The summed E-state index contributed by atoms with van der Waals surface area (Å²) in [5, 5.41) is 21.3. The van der Waals surface area contributed by atoms with E-state index in [-0.39, 0.29) is 35.3 Å². The molecule has 0 aliphatic rings. The Morgan fingerprint density at radius 3 is 2.52 bits per heavy atom. The van der Waals surface area contributed by atoms with Gasteiger partial charge in [-0.3, -0.25) is 14.9 Å². The van der Waals surface area contributed by atoms with Crippen molar-refractivity contribution in [2.45, 2.75) is 33.3 Å². The number of ether oxygens (including phenoxy) is 1. The lowest BCUT2D eigenvalue weighted by Gasteiger charge is -2.27. The zero-order chi connectivity index (χ0) is 16.4. The molecule has 21 heavy (non-hydrogen) atoms. The molecule has 0 saturated carbocycles. The Morgan fingerprint density at radius 1 is 1.52 bits per heavy atom. The number of hydrogen-bond donors (Lipinski definition) is 1. The Morgan fingerprint density at radius 2 is 2.10 bits per heavy atom. The monoisotopic (exact) mass is 359 g/mol. The Balaban J connectivity index is 3.26. The van der Waals surface area contributed by atoms with Crippen LogP contribution in [0.3, 0.4) is 0 Å². The summed E-state index contributed by atoms with van der Waals surface area (Å²) in [4.78, 5) is 22.2. The van der Waals surface area contributed by atoms with E-state index in [0.29, 0.717) is 4.47 Å². The predicted molar refractivity (Wildman–Crippen MR) is 81.8 cm³/mol. The second kappa shape index (κ2) is 6.53. The van der Waals surface area contributed by atoms with Crippen molar-refractivity contribution >= 4 is 27.4 Å². The van der Waals surface area contributed by atoms with Gasteiger partial charge in [-0.15, -0.1) is 0 Å². The number of hydrogen-bond acceptors (Lipinski definition) is 5. The Labute approximate surface area is 131 Å². The molecule has 7 heteroatoms. The van der Waals surface area contributed by atoms with Crippen LogP contribution in [0.5, 0.6) is 5.75 Å². The molecule has 0 bridgehead atoms. The minimum Gasteiger partial charge on any atom is -0.483 e. The fourth-order valence-electron chi connectivity index (χ4n) is 1.51. The molecule has 1 aromatic rings. The van der Waals surface area contributed by atoms with Gasteiger partial charge in [0.2, 0.25) is 5.75 Å². The van der Waals surface area contributed by atoms with Crippen LogP contribution < -0.4 is 4.74 Å². The van der Waals surface area contributed by atoms with E-state index in [1.165, 1.54) is 19.1 Å². The quantitative estimate of drug-likeness (QED) is 0.477. The zero-order valence-electron chi connectivity index (χ0n) is 12.3. The van der Waals surface area contributed by atoms with E-state index < -0.39 is 10.5 Å². The number of nitrogens with zero attached hydrogens (tertiary/aromatic N) is 1. The van der Waals surface area contributed by atoms with Crippen LogP contribution in [0.4, 0.5) is 5.69 Å². The number of halogens is 1. The maximum Gasteiger partial charge on any atom is 0.312 e. The summed E-state index contributed by atoms with van der Waals surface area (Å²) >= 11 is 3.14. The van der Waals surface area contributed by atoms with Crippen molar-refractivity contribution in [2.24, 2.45) is 5.92 Å². The van der Waals surface area contributed by atoms with Gasteiger partial charge < -0.3 is 9.84 Å². The summed E-state index contributed by atoms with van der Waals surface area (Å²) in [7, 11) is 0. The maximum atomic E-state index is 11.7. The van der Waals surface area contributed by atoms with Crippen LogP contribution in [0.1, 0.15) is 38.1 Å². The normalized spacial score (nSPS) is 13.9. The van der Waals surface area contributed by atoms with Crippen molar-refractivity contribution in [3.8, 4) is 5.75 Å². The number of aliphatic hydroxyl groups is 1. The van der Waals surface area contributed by atoms with Gasteiger partial charge in [-0.05, 0) is 25.8 Å². The number of ketones is 1. The standard InChI is InChI=1S/C14H18BrNO5/c1-8(2)14(4,18)7-21-13-11(9(3)17)5-10(15)6-12(13)16(19)20/h5-6,8,18H,7H2,1-4H3. The molecule has 0 amide bonds. The first-order valence-corrected chi connectivity index (χ1v) is 7.19. The average molecular weight is 360 g/mol. The molecule has 6 nitrogen and oxygen atoms in total. The molecule has 1 rings (SSSR count). The first-order valence-electron chi connectivity index (χ1n) is 6.40. The van der Waals surface area contributed by atoms with Gasteiger partial charge in [0.15, 0.2) is 5.78 Å². The molecule has 116 valence electrons. The third kappa shape index (κ3) is 4.25. The van der Waals surface area contributed by atoms with Crippen LogP contribution in [-0.4, -0.2) is 28.0 Å². The largest absolute Gasteiger partial charge is 0.483 e. The van der Waals surface area contributed by atoms with Gasteiger partial charge in [-0.1, -0.05) is 29.8 Å². The summed E-state index contributed by atoms with van der Waals surface area (Å²) in [5.41, 5.74) is -1.36. The van der Waals surface area contributed by atoms with Gasteiger partial charge in [0, 0.05) is 10.5 Å². The van der Waals surface area contributed by atoms with Crippen LogP contribution in [0, 0.1) is 16.0 Å². The lowest BCUT2D eigenvalue weighted by molar-refractivity contribution is -0.386. The Kier molecular flexibility index (Phi) is 5.47. The predicted octanol–water partition coefficient (Wildman–Crippen LogP) is 3.35. The van der Waals surface area contributed by atoms with Gasteiger partial charge >= 0.3 is 5.69 Å². The second-order valence-electron chi connectivity index (χ2n) is 5.42. The summed E-state index contributed by atoms with van der Waals surface area (Å²) in [6, 6.07) is 2.74. The molecule has 0 heterocycles. The highest BCUT2D eigenvalue weighted by Crippen LogP contribution is 2.35. The summed E-state index contributed by atoms with van der Waals surface area (Å²) < 4.78 is 5.86. The molecule has 0 saturated heterocycles. The molecule has 1 N–H and O–H groups in total. The third-order valence-electron chi connectivity index (χ3n) is 3.36. The van der Waals surface area contributed by atoms with Gasteiger partial charge in [0.1, 0.15) is 6.61 Å². The fourth-order valence-corrected chi connectivity index (χ4v) is 1.96. The number of carbonyl (C=O) groups excluding carboxylic acids is 1. The van der Waals surface area contributed by atoms with Crippen LogP contribution in [-0.2, 0) is 0 Å². The molecule has 0 radical (unpaired) electrons. The maximum absolute atomic E-state index is 11.7. The number of rotatable bonds is 6. The number of nitro groups is 1. The van der Waals surface area contributed by atoms with Crippen molar-refractivity contribution < 1.29 is 19.6 Å². The number of Topliss-reactive ketones (excluding diaryl/α,β-unsaturated/α-hetero) is 1. The highest BCUT2D eigenvalue weighted by atomic mass is 79.9. The molecule has 1 unspecified atom stereocenters. The molecule has 0 aliphatic heterocycles. The van der Waals surface area contributed by atoms with Crippen molar-refractivity contribution in [3.63, 3.8) is 0 Å². The summed E-state index contributed by atoms with van der Waals surface area (Å²) in [6.07, 6.45) is 0. The summed E-state index contributed by atoms with van der Waals surface area (Å²) in [5.74, 6) is -0.567. The van der Waals surface area contributed by atoms with Crippen LogP contribution in [0.25, 0.3) is 0 Å². The average Bonchev–Trinajstić information content (AvgIpc) is 2.35. The molecule has 0 aromatic heterocycles. The van der Waals surface area contributed by atoms with E-state index in [9.17, 15) is 20.0 Å². The SMILES string of the molecule is CC(=O)c1cc(Br)cc([N+](=O)[O-])c1OCC(C)(O)C(C)C.